The summed E-state index contributed by atoms with van der Waals surface area (Å²) in [5.41, 5.74) is 3.42. The molecule has 1 N–H and O–H groups in total. The predicted molar refractivity (Wildman–Crippen MR) is 138 cm³/mol. The van der Waals surface area contributed by atoms with Crippen molar-refractivity contribution in [2.24, 2.45) is 0 Å². The molecular weight excluding hydrogens is 500 g/mol. The molecule has 10 heteroatoms. The monoisotopic (exact) mass is 530 g/mol. The van der Waals surface area contributed by atoms with Crippen LogP contribution in [0.4, 0.5) is 5.69 Å². The van der Waals surface area contributed by atoms with Crippen molar-refractivity contribution in [2.75, 3.05) is 18.0 Å². The molecule has 2 aromatic carbocycles. The van der Waals surface area contributed by atoms with E-state index in [2.05, 4.69) is 4.98 Å². The highest BCUT2D eigenvalue weighted by Crippen LogP contribution is 2.39. The number of hydrogen-bond donors (Lipinski definition) is 1. The number of aromatic nitrogens is 1. The number of esters is 1. The molecule has 0 saturated heterocycles. The van der Waals surface area contributed by atoms with Crippen LogP contribution in [0.15, 0.2) is 46.2 Å². The molecule has 0 amide bonds. The Balaban J connectivity index is 1.74. The largest absolute Gasteiger partial charge is 0.487 e. The fourth-order valence-electron chi connectivity index (χ4n) is 4.24. The highest BCUT2D eigenvalue weighted by atomic mass is 32.2. The summed E-state index contributed by atoms with van der Waals surface area (Å²) in [6.45, 7) is 5.01. The number of sulfonamides is 1. The summed E-state index contributed by atoms with van der Waals surface area (Å²) in [6, 6.07) is 8.98. The molecule has 1 heterocycles. The first-order valence-corrected chi connectivity index (χ1v) is 13.9. The molecule has 1 aromatic heterocycles. The highest BCUT2D eigenvalue weighted by molar-refractivity contribution is 7.94. The topological polar surface area (TPSA) is 106 Å². The number of nitrogens with zero attached hydrogens (tertiary/aromatic N) is 2. The first-order valence-electron chi connectivity index (χ1n) is 11.6. The van der Waals surface area contributed by atoms with Crippen molar-refractivity contribution in [3.8, 4) is 5.75 Å². The van der Waals surface area contributed by atoms with Crippen molar-refractivity contribution in [2.45, 2.75) is 56.6 Å². The number of benzene rings is 2. The van der Waals surface area contributed by atoms with Gasteiger partial charge in [-0.2, -0.15) is 8.42 Å². The number of methoxy groups -OCH3 is 1. The second kappa shape index (κ2) is 10.2. The Morgan fingerprint density at radius 1 is 1.19 bits per heavy atom. The van der Waals surface area contributed by atoms with Crippen molar-refractivity contribution < 1.29 is 27.8 Å². The molecular formula is C26H30N2O6S2. The number of aryl methyl sites for hydroxylation is 3. The lowest BCUT2D eigenvalue weighted by Gasteiger charge is -2.31. The van der Waals surface area contributed by atoms with E-state index in [0.717, 1.165) is 52.9 Å². The first kappa shape index (κ1) is 26.1. The molecule has 36 heavy (non-hydrogen) atoms. The van der Waals surface area contributed by atoms with Crippen molar-refractivity contribution >= 4 is 33.0 Å². The van der Waals surface area contributed by atoms with Crippen molar-refractivity contribution in [3.63, 3.8) is 0 Å². The van der Waals surface area contributed by atoms with Crippen LogP contribution in [0.3, 0.4) is 0 Å². The second-order valence-corrected chi connectivity index (χ2v) is 12.4. The first-order chi connectivity index (χ1) is 17.0. The number of anilines is 1. The Labute approximate surface area is 215 Å². The molecule has 0 spiro atoms. The van der Waals surface area contributed by atoms with Gasteiger partial charge < -0.3 is 14.6 Å². The third kappa shape index (κ3) is 5.55. The molecule has 0 bridgehead atoms. The quantitative estimate of drug-likeness (QED) is 0.412. The zero-order chi connectivity index (χ0) is 26.1. The fraction of sp³-hybridized carbons (Fsp3) is 0.385. The minimum Gasteiger partial charge on any atom is -0.487 e. The molecule has 192 valence electrons. The normalized spacial score (nSPS) is 13.4. The maximum absolute atomic E-state index is 13.6. The van der Waals surface area contributed by atoms with Gasteiger partial charge in [0.15, 0.2) is 0 Å². The summed E-state index contributed by atoms with van der Waals surface area (Å²) < 4.78 is 39.5. The van der Waals surface area contributed by atoms with Crippen LogP contribution >= 0.6 is 11.3 Å². The van der Waals surface area contributed by atoms with Crippen LogP contribution in [0, 0.1) is 6.92 Å². The number of thiazole rings is 1. The maximum atomic E-state index is 13.6. The van der Waals surface area contributed by atoms with Crippen LogP contribution in [0.25, 0.3) is 0 Å². The van der Waals surface area contributed by atoms with Gasteiger partial charge in [-0.15, -0.1) is 11.3 Å². The maximum Gasteiger partial charge on any atom is 0.337 e. The minimum absolute atomic E-state index is 0.0487. The van der Waals surface area contributed by atoms with Crippen LogP contribution in [-0.4, -0.2) is 43.7 Å². The van der Waals surface area contributed by atoms with Crippen molar-refractivity contribution in [1.82, 2.24) is 4.98 Å². The van der Waals surface area contributed by atoms with Crippen LogP contribution in [-0.2, 0) is 34.2 Å². The van der Waals surface area contributed by atoms with Crippen LogP contribution in [0.1, 0.15) is 52.9 Å². The molecule has 0 unspecified atom stereocenters. The Hall–Kier alpha value is -2.95. The number of ether oxygens (including phenoxy) is 2. The summed E-state index contributed by atoms with van der Waals surface area (Å²) in [6.07, 6.45) is 4.17. The molecule has 1 aliphatic rings. The van der Waals surface area contributed by atoms with E-state index in [9.17, 15) is 18.3 Å². The third-order valence-corrected chi connectivity index (χ3v) is 8.98. The predicted octanol–water partition coefficient (Wildman–Crippen LogP) is 4.27. The highest BCUT2D eigenvalue weighted by Gasteiger charge is 2.34. The third-order valence-electron chi connectivity index (χ3n) is 6.04. The molecule has 8 nitrogen and oxygen atoms in total. The van der Waals surface area contributed by atoms with E-state index < -0.39 is 21.6 Å². The molecule has 0 aliphatic heterocycles. The molecule has 4 rings (SSSR count). The van der Waals surface area contributed by atoms with Gasteiger partial charge in [0.05, 0.1) is 30.5 Å². The SMILES string of the molecule is COC(=O)c1ccc(COc2cc3c(cc2N(CC(C)(C)O)S(=O)(=O)c2nccs2)CCC3)c(C)c1. The van der Waals surface area contributed by atoms with Gasteiger partial charge in [0.2, 0.25) is 4.34 Å². The van der Waals surface area contributed by atoms with Crippen LogP contribution in [0.5, 0.6) is 5.75 Å². The number of rotatable bonds is 9. The van der Waals surface area contributed by atoms with E-state index in [4.69, 9.17) is 9.47 Å². The molecule has 1 aliphatic carbocycles. The minimum atomic E-state index is -4.04. The van der Waals surface area contributed by atoms with Crippen molar-refractivity contribution in [3.05, 3.63) is 69.7 Å². The molecule has 0 radical (unpaired) electrons. The van der Waals surface area contributed by atoms with Gasteiger partial charge in [0, 0.05) is 11.6 Å². The average molecular weight is 531 g/mol. The number of aliphatic hydroxyl groups is 1. The summed E-state index contributed by atoms with van der Waals surface area (Å²) >= 11 is 1.03. The molecule has 0 saturated carbocycles. The summed E-state index contributed by atoms with van der Waals surface area (Å²) in [5, 5.41) is 12.2. The lowest BCUT2D eigenvalue weighted by Crippen LogP contribution is -2.42. The number of fused-ring (bicyclic) bond motifs is 1. The summed E-state index contributed by atoms with van der Waals surface area (Å²) in [5.74, 6) is -0.00222. The van der Waals surface area contributed by atoms with Gasteiger partial charge in [-0.3, -0.25) is 4.31 Å². The summed E-state index contributed by atoms with van der Waals surface area (Å²) in [4.78, 5) is 15.9. The molecule has 0 fully saturated rings. The molecule has 3 aromatic rings. The van der Waals surface area contributed by atoms with E-state index in [1.807, 2.05) is 19.1 Å². The number of hydrogen-bond acceptors (Lipinski definition) is 8. The Kier molecular flexibility index (Phi) is 7.40. The van der Waals surface area contributed by atoms with Crippen molar-refractivity contribution in [1.29, 1.82) is 0 Å². The van der Waals surface area contributed by atoms with E-state index >= 15 is 0 Å². The van der Waals surface area contributed by atoms with E-state index in [1.54, 1.807) is 37.4 Å². The van der Waals surface area contributed by atoms with Gasteiger partial charge >= 0.3 is 5.97 Å². The average Bonchev–Trinajstić information content (AvgIpc) is 3.52. The van der Waals surface area contributed by atoms with Crippen LogP contribution < -0.4 is 9.04 Å². The fourth-order valence-corrected chi connectivity index (χ4v) is 6.79. The van der Waals surface area contributed by atoms with Crippen LogP contribution in [0.2, 0.25) is 0 Å². The zero-order valence-corrected chi connectivity index (χ0v) is 22.4. The van der Waals surface area contributed by atoms with Gasteiger partial charge in [0.1, 0.15) is 12.4 Å². The second-order valence-electron chi connectivity index (χ2n) is 9.49. The van der Waals surface area contributed by atoms with Gasteiger partial charge in [-0.05, 0) is 86.6 Å². The number of carbonyl (C=O) groups is 1. The van der Waals surface area contributed by atoms with E-state index in [-0.39, 0.29) is 17.5 Å². The standard InChI is InChI=1S/C26H30N2O6S2/c1-17-12-20(24(29)33-4)8-9-21(17)15-34-23-14-19-7-5-6-18(19)13-22(23)28(16-26(2,3)30)36(31,32)25-27-10-11-35-25/h8-14,30H,5-7,15-16H2,1-4H3. The van der Waals surface area contributed by atoms with Gasteiger partial charge in [0.25, 0.3) is 10.0 Å². The Bertz CT molecular complexity index is 1360. The Morgan fingerprint density at radius 3 is 2.53 bits per heavy atom. The molecule has 0 atom stereocenters. The smallest absolute Gasteiger partial charge is 0.337 e. The Morgan fingerprint density at radius 2 is 1.92 bits per heavy atom. The van der Waals surface area contributed by atoms with E-state index in [1.165, 1.54) is 17.6 Å². The zero-order valence-electron chi connectivity index (χ0n) is 20.8. The lowest BCUT2D eigenvalue weighted by molar-refractivity contribution is 0.0600. The number of carbonyl (C=O) groups excluding carboxylic acids is 1. The van der Waals surface area contributed by atoms with Gasteiger partial charge in [-0.25, -0.2) is 9.78 Å². The lowest BCUT2D eigenvalue weighted by atomic mass is 10.1. The summed E-state index contributed by atoms with van der Waals surface area (Å²) in [7, 11) is -2.71. The van der Waals surface area contributed by atoms with E-state index in [0.29, 0.717) is 17.0 Å². The van der Waals surface area contributed by atoms with Gasteiger partial charge in [-0.1, -0.05) is 6.07 Å².